The summed E-state index contributed by atoms with van der Waals surface area (Å²) < 4.78 is 29.1. The van der Waals surface area contributed by atoms with Gasteiger partial charge in [-0.05, 0) is 29.8 Å². The van der Waals surface area contributed by atoms with Gasteiger partial charge in [-0.3, -0.25) is 0 Å². The first-order valence-electron chi connectivity index (χ1n) is 9.29. The Bertz CT molecular complexity index is 824. The Morgan fingerprint density at radius 1 is 0.963 bits per heavy atom. The summed E-state index contributed by atoms with van der Waals surface area (Å²) in [4.78, 5) is 0. The van der Waals surface area contributed by atoms with Crippen LogP contribution in [0.3, 0.4) is 0 Å². The first-order chi connectivity index (χ1) is 13.1. The first-order valence-corrected chi connectivity index (χ1v) is 9.29. The summed E-state index contributed by atoms with van der Waals surface area (Å²) in [6, 6.07) is 14.8. The molecule has 27 heavy (non-hydrogen) atoms. The topological polar surface area (TPSA) is 28.8 Å². The second kappa shape index (κ2) is 11.8. The predicted octanol–water partition coefficient (Wildman–Crippen LogP) is 6.92. The average Bonchev–Trinajstić information content (AvgIpc) is 3.09. The Kier molecular flexibility index (Phi) is 9.73. The molecular weight excluding hydrogens is 342 g/mol. The van der Waals surface area contributed by atoms with E-state index in [0.717, 1.165) is 17.7 Å². The van der Waals surface area contributed by atoms with Crippen LogP contribution in [0.2, 0.25) is 0 Å². The van der Waals surface area contributed by atoms with Crippen LogP contribution in [-0.2, 0) is 6.54 Å². The number of aromatic nitrogens is 1. The maximum Gasteiger partial charge on any atom is 0.131 e. The van der Waals surface area contributed by atoms with E-state index in [9.17, 15) is 8.78 Å². The number of rotatable bonds is 4. The van der Waals surface area contributed by atoms with Crippen molar-refractivity contribution in [2.45, 2.75) is 40.7 Å². The Hall–Kier alpha value is -2.75. The van der Waals surface area contributed by atoms with Gasteiger partial charge < -0.3 is 9.98 Å². The van der Waals surface area contributed by atoms with E-state index >= 15 is 0 Å². The molecule has 1 heterocycles. The molecule has 1 N–H and O–H groups in total. The van der Waals surface area contributed by atoms with Gasteiger partial charge in [0.1, 0.15) is 11.6 Å². The van der Waals surface area contributed by atoms with Crippen LogP contribution < -0.4 is 0 Å². The fraction of sp³-hybridized carbons (Fsp3) is 0.261. The monoisotopic (exact) mass is 370 g/mol. The summed E-state index contributed by atoms with van der Waals surface area (Å²) in [5.74, 6) is -0.960. The summed E-state index contributed by atoms with van der Waals surface area (Å²) in [6.45, 7) is 8.82. The maximum absolute atomic E-state index is 13.9. The minimum atomic E-state index is -0.483. The summed E-state index contributed by atoms with van der Waals surface area (Å²) in [7, 11) is 0. The molecule has 0 aliphatic rings. The van der Waals surface area contributed by atoms with Gasteiger partial charge in [0.2, 0.25) is 0 Å². The predicted molar refractivity (Wildman–Crippen MR) is 111 cm³/mol. The van der Waals surface area contributed by atoms with Crippen LogP contribution in [0.1, 0.15) is 45.4 Å². The molecule has 0 saturated heterocycles. The second-order valence-electron chi connectivity index (χ2n) is 5.74. The van der Waals surface area contributed by atoms with Gasteiger partial charge in [0.25, 0.3) is 0 Å². The molecule has 3 aromatic rings. The standard InChI is InChI=1S/C18H14F2N2.C3H8.C2H6/c19-15-6-7-18(20)17(9-15)14-8-16(10-21)22(12-14)11-13-4-2-1-3-5-13;1-3-2;1-2/h1-10,12,21H,11H2;3H2,1-2H3;1-2H3. The molecule has 1 aromatic heterocycles. The van der Waals surface area contributed by atoms with Gasteiger partial charge in [-0.15, -0.1) is 0 Å². The number of nitrogens with one attached hydrogen (secondary N) is 1. The molecule has 0 atom stereocenters. The maximum atomic E-state index is 13.9. The van der Waals surface area contributed by atoms with Crippen LogP contribution in [0.15, 0.2) is 60.8 Å². The highest BCUT2D eigenvalue weighted by molar-refractivity contribution is 5.79. The third-order valence-corrected chi connectivity index (χ3v) is 3.51. The van der Waals surface area contributed by atoms with Crippen LogP contribution >= 0.6 is 0 Å². The van der Waals surface area contributed by atoms with Gasteiger partial charge in [0, 0.05) is 30.1 Å². The summed E-state index contributed by atoms with van der Waals surface area (Å²) in [5.41, 5.74) is 2.48. The van der Waals surface area contributed by atoms with E-state index in [0.29, 0.717) is 17.8 Å². The zero-order valence-electron chi connectivity index (χ0n) is 16.5. The lowest BCUT2D eigenvalue weighted by Crippen LogP contribution is -2.01. The smallest absolute Gasteiger partial charge is 0.131 e. The summed E-state index contributed by atoms with van der Waals surface area (Å²) in [5, 5.41) is 7.51. The number of hydrogen-bond acceptors (Lipinski definition) is 1. The lowest BCUT2D eigenvalue weighted by Gasteiger charge is -2.05. The first kappa shape index (κ1) is 22.3. The highest BCUT2D eigenvalue weighted by Gasteiger charge is 2.11. The van der Waals surface area contributed by atoms with Gasteiger partial charge in [-0.25, -0.2) is 8.78 Å². The molecule has 0 saturated carbocycles. The molecule has 144 valence electrons. The molecule has 0 spiro atoms. The molecule has 2 aromatic carbocycles. The third-order valence-electron chi connectivity index (χ3n) is 3.51. The molecule has 4 heteroatoms. The Balaban J connectivity index is 0.000000665. The van der Waals surface area contributed by atoms with Crippen molar-refractivity contribution in [1.29, 1.82) is 5.41 Å². The third kappa shape index (κ3) is 6.48. The lowest BCUT2D eigenvalue weighted by molar-refractivity contribution is 0.603. The highest BCUT2D eigenvalue weighted by Crippen LogP contribution is 2.26. The minimum absolute atomic E-state index is 0.204. The lowest BCUT2D eigenvalue weighted by atomic mass is 10.1. The molecule has 0 aliphatic heterocycles. The average molecular weight is 370 g/mol. The van der Waals surface area contributed by atoms with Gasteiger partial charge in [0.05, 0.1) is 5.69 Å². The van der Waals surface area contributed by atoms with Crippen LogP contribution in [-0.4, -0.2) is 10.8 Å². The van der Waals surface area contributed by atoms with Crippen molar-refractivity contribution in [2.75, 3.05) is 0 Å². The summed E-state index contributed by atoms with van der Waals surface area (Å²) in [6.07, 6.45) is 4.20. The number of hydrogen-bond donors (Lipinski definition) is 1. The molecular formula is C23H28F2N2. The quantitative estimate of drug-likeness (QED) is 0.483. The minimum Gasteiger partial charge on any atom is -0.342 e. The Labute approximate surface area is 161 Å². The van der Waals surface area contributed by atoms with Gasteiger partial charge in [-0.1, -0.05) is 64.4 Å². The van der Waals surface area contributed by atoms with E-state index in [1.807, 2.05) is 48.7 Å². The van der Waals surface area contributed by atoms with Gasteiger partial charge in [-0.2, -0.15) is 0 Å². The van der Waals surface area contributed by atoms with E-state index < -0.39 is 11.6 Å². The number of nitrogens with zero attached hydrogens (tertiary/aromatic N) is 1. The Morgan fingerprint density at radius 2 is 1.59 bits per heavy atom. The normalized spacial score (nSPS) is 9.56. The second-order valence-corrected chi connectivity index (χ2v) is 5.74. The van der Waals surface area contributed by atoms with E-state index in [-0.39, 0.29) is 5.56 Å². The fourth-order valence-corrected chi connectivity index (χ4v) is 2.43. The van der Waals surface area contributed by atoms with Crippen molar-refractivity contribution >= 4 is 6.21 Å². The van der Waals surface area contributed by atoms with Crippen molar-refractivity contribution in [3.8, 4) is 11.1 Å². The van der Waals surface area contributed by atoms with Crippen molar-refractivity contribution in [3.63, 3.8) is 0 Å². The summed E-state index contributed by atoms with van der Waals surface area (Å²) >= 11 is 0. The van der Waals surface area contributed by atoms with Gasteiger partial charge >= 0.3 is 0 Å². The van der Waals surface area contributed by atoms with E-state index in [1.54, 1.807) is 12.3 Å². The van der Waals surface area contributed by atoms with Crippen LogP contribution in [0.4, 0.5) is 8.78 Å². The van der Waals surface area contributed by atoms with Crippen LogP contribution in [0.25, 0.3) is 11.1 Å². The van der Waals surface area contributed by atoms with Crippen LogP contribution in [0, 0.1) is 17.0 Å². The molecule has 0 aliphatic carbocycles. The van der Waals surface area contributed by atoms with Crippen molar-refractivity contribution in [1.82, 2.24) is 4.57 Å². The molecule has 0 bridgehead atoms. The molecule has 0 radical (unpaired) electrons. The van der Waals surface area contributed by atoms with Crippen molar-refractivity contribution in [3.05, 3.63) is 83.7 Å². The zero-order valence-corrected chi connectivity index (χ0v) is 16.5. The largest absolute Gasteiger partial charge is 0.342 e. The molecule has 2 nitrogen and oxygen atoms in total. The van der Waals surface area contributed by atoms with E-state index in [4.69, 9.17) is 5.41 Å². The van der Waals surface area contributed by atoms with E-state index in [2.05, 4.69) is 13.8 Å². The highest BCUT2D eigenvalue weighted by atomic mass is 19.1. The molecule has 0 unspecified atom stereocenters. The van der Waals surface area contributed by atoms with Crippen molar-refractivity contribution < 1.29 is 8.78 Å². The SMILES string of the molecule is CC.CCC.N=Cc1cc(-c2cc(F)ccc2F)cn1Cc1ccccc1. The molecule has 0 amide bonds. The van der Waals surface area contributed by atoms with Gasteiger partial charge in [0.15, 0.2) is 0 Å². The molecule has 0 fully saturated rings. The number of benzene rings is 2. The van der Waals surface area contributed by atoms with Crippen molar-refractivity contribution in [2.24, 2.45) is 0 Å². The Morgan fingerprint density at radius 3 is 2.19 bits per heavy atom. The van der Waals surface area contributed by atoms with Crippen LogP contribution in [0.5, 0.6) is 0 Å². The van der Waals surface area contributed by atoms with E-state index in [1.165, 1.54) is 18.7 Å². The number of halogens is 2. The fourth-order valence-electron chi connectivity index (χ4n) is 2.43. The zero-order chi connectivity index (χ0) is 20.2. The molecule has 3 rings (SSSR count).